The summed E-state index contributed by atoms with van der Waals surface area (Å²) in [5, 5.41) is 2.77. The van der Waals surface area contributed by atoms with Crippen molar-refractivity contribution in [2.45, 2.75) is 6.92 Å². The van der Waals surface area contributed by atoms with Crippen molar-refractivity contribution < 1.29 is 8.78 Å². The molecule has 0 fully saturated rings. The molecule has 1 N–H and O–H groups in total. The summed E-state index contributed by atoms with van der Waals surface area (Å²) in [7, 11) is 1.66. The molecule has 2 rings (SSSR count). The predicted octanol–water partition coefficient (Wildman–Crippen LogP) is 2.77. The van der Waals surface area contributed by atoms with Gasteiger partial charge < -0.3 is 5.32 Å². The Kier molecular flexibility index (Phi) is 2.99. The van der Waals surface area contributed by atoms with Crippen molar-refractivity contribution in [2.75, 3.05) is 12.4 Å². The van der Waals surface area contributed by atoms with Crippen LogP contribution >= 0.6 is 0 Å². The quantitative estimate of drug-likeness (QED) is 0.869. The Morgan fingerprint density at radius 3 is 2.65 bits per heavy atom. The third kappa shape index (κ3) is 2.08. The maximum Gasteiger partial charge on any atom is 0.144 e. The van der Waals surface area contributed by atoms with Crippen molar-refractivity contribution in [1.82, 2.24) is 9.97 Å². The lowest BCUT2D eigenvalue weighted by Gasteiger charge is -2.07. The highest BCUT2D eigenvalue weighted by Crippen LogP contribution is 2.26. The average molecular weight is 235 g/mol. The molecule has 0 bridgehead atoms. The van der Waals surface area contributed by atoms with E-state index in [-0.39, 0.29) is 11.3 Å². The number of nitrogens with one attached hydrogen (secondary N) is 1. The molecular weight excluding hydrogens is 224 g/mol. The molecule has 0 atom stereocenters. The highest BCUT2D eigenvalue weighted by atomic mass is 19.1. The van der Waals surface area contributed by atoms with Gasteiger partial charge in [0.1, 0.15) is 17.5 Å². The normalized spacial score (nSPS) is 10.4. The first-order valence-electron chi connectivity index (χ1n) is 5.08. The van der Waals surface area contributed by atoms with E-state index in [0.717, 1.165) is 0 Å². The summed E-state index contributed by atoms with van der Waals surface area (Å²) in [6.07, 6.45) is 2.82. The van der Waals surface area contributed by atoms with Gasteiger partial charge in [-0.25, -0.2) is 13.8 Å². The molecule has 5 heteroatoms. The molecule has 1 heterocycles. The molecule has 0 radical (unpaired) electrons. The Labute approximate surface area is 97.5 Å². The summed E-state index contributed by atoms with van der Waals surface area (Å²) in [6.45, 7) is 1.58. The summed E-state index contributed by atoms with van der Waals surface area (Å²) in [4.78, 5) is 7.96. The van der Waals surface area contributed by atoms with E-state index < -0.39 is 11.6 Å². The molecular formula is C12H11F2N3. The lowest BCUT2D eigenvalue weighted by Crippen LogP contribution is -1.99. The topological polar surface area (TPSA) is 37.8 Å². The summed E-state index contributed by atoms with van der Waals surface area (Å²) < 4.78 is 27.5. The number of aromatic nitrogens is 2. The molecule has 0 saturated heterocycles. The van der Waals surface area contributed by atoms with Crippen LogP contribution in [0.25, 0.3) is 11.3 Å². The smallest absolute Gasteiger partial charge is 0.144 e. The van der Waals surface area contributed by atoms with Crippen LogP contribution in [0.15, 0.2) is 24.5 Å². The maximum atomic E-state index is 13.9. The van der Waals surface area contributed by atoms with Crippen molar-refractivity contribution in [3.63, 3.8) is 0 Å². The average Bonchev–Trinajstić information content (AvgIpc) is 2.35. The van der Waals surface area contributed by atoms with Crippen LogP contribution in [0.5, 0.6) is 0 Å². The minimum absolute atomic E-state index is 0.144. The van der Waals surface area contributed by atoms with E-state index in [9.17, 15) is 8.78 Å². The minimum Gasteiger partial charge on any atom is -0.372 e. The second-order valence-electron chi connectivity index (χ2n) is 3.59. The molecule has 3 nitrogen and oxygen atoms in total. The SMILES string of the molecule is CNc1cncc(-c2c(F)ccc(C)c2F)n1. The van der Waals surface area contributed by atoms with E-state index >= 15 is 0 Å². The Morgan fingerprint density at radius 2 is 1.94 bits per heavy atom. The van der Waals surface area contributed by atoms with E-state index in [4.69, 9.17) is 0 Å². The van der Waals surface area contributed by atoms with E-state index in [1.807, 2.05) is 0 Å². The van der Waals surface area contributed by atoms with Crippen LogP contribution in [0.3, 0.4) is 0 Å². The van der Waals surface area contributed by atoms with Crippen LogP contribution in [-0.2, 0) is 0 Å². The number of hydrogen-bond acceptors (Lipinski definition) is 3. The van der Waals surface area contributed by atoms with Crippen LogP contribution < -0.4 is 5.32 Å². The lowest BCUT2D eigenvalue weighted by atomic mass is 10.1. The molecule has 0 spiro atoms. The van der Waals surface area contributed by atoms with Crippen molar-refractivity contribution in [1.29, 1.82) is 0 Å². The molecule has 0 unspecified atom stereocenters. The third-order valence-corrected chi connectivity index (χ3v) is 2.43. The molecule has 2 aromatic rings. The van der Waals surface area contributed by atoms with Crippen molar-refractivity contribution in [2.24, 2.45) is 0 Å². The second-order valence-corrected chi connectivity index (χ2v) is 3.59. The van der Waals surface area contributed by atoms with Gasteiger partial charge in [-0.2, -0.15) is 0 Å². The summed E-state index contributed by atoms with van der Waals surface area (Å²) in [5.41, 5.74) is 0.406. The molecule has 0 aliphatic carbocycles. The Hall–Kier alpha value is -2.04. The van der Waals surface area contributed by atoms with E-state index in [0.29, 0.717) is 11.4 Å². The zero-order chi connectivity index (χ0) is 12.4. The molecule has 88 valence electrons. The number of aryl methyl sites for hydroxylation is 1. The van der Waals surface area contributed by atoms with Crippen LogP contribution in [0.4, 0.5) is 14.6 Å². The van der Waals surface area contributed by atoms with Gasteiger partial charge in [0.15, 0.2) is 0 Å². The number of benzene rings is 1. The molecule has 0 amide bonds. The molecule has 1 aromatic heterocycles. The molecule has 0 aliphatic rings. The largest absolute Gasteiger partial charge is 0.372 e. The van der Waals surface area contributed by atoms with Crippen LogP contribution in [0.2, 0.25) is 0 Å². The van der Waals surface area contributed by atoms with Crippen LogP contribution in [0.1, 0.15) is 5.56 Å². The van der Waals surface area contributed by atoms with Crippen molar-refractivity contribution >= 4 is 5.82 Å². The number of halogens is 2. The monoisotopic (exact) mass is 235 g/mol. The van der Waals surface area contributed by atoms with Crippen LogP contribution in [0, 0.1) is 18.6 Å². The van der Waals surface area contributed by atoms with E-state index in [1.54, 1.807) is 14.0 Å². The maximum absolute atomic E-state index is 13.9. The molecule has 17 heavy (non-hydrogen) atoms. The van der Waals surface area contributed by atoms with Gasteiger partial charge >= 0.3 is 0 Å². The van der Waals surface area contributed by atoms with Gasteiger partial charge in [0.2, 0.25) is 0 Å². The highest BCUT2D eigenvalue weighted by Gasteiger charge is 2.15. The van der Waals surface area contributed by atoms with E-state index in [1.165, 1.54) is 24.5 Å². The zero-order valence-corrected chi connectivity index (χ0v) is 9.46. The van der Waals surface area contributed by atoms with Gasteiger partial charge in [-0.15, -0.1) is 0 Å². The van der Waals surface area contributed by atoms with Gasteiger partial charge in [-0.05, 0) is 18.6 Å². The Balaban J connectivity index is 2.63. The summed E-state index contributed by atoms with van der Waals surface area (Å²) in [6, 6.07) is 2.62. The summed E-state index contributed by atoms with van der Waals surface area (Å²) in [5.74, 6) is -0.786. The first kappa shape index (κ1) is 11.4. The lowest BCUT2D eigenvalue weighted by molar-refractivity contribution is 0.582. The molecule has 1 aromatic carbocycles. The first-order chi connectivity index (χ1) is 8.13. The van der Waals surface area contributed by atoms with Gasteiger partial charge in [0.25, 0.3) is 0 Å². The standard InChI is InChI=1S/C12H11F2N3/c1-7-3-4-8(13)11(12(7)14)9-5-16-6-10(15-2)17-9/h3-6H,1-2H3,(H,15,17). The van der Waals surface area contributed by atoms with Gasteiger partial charge in [-0.3, -0.25) is 4.98 Å². The Bertz CT molecular complexity index is 555. The molecule has 0 saturated carbocycles. The van der Waals surface area contributed by atoms with Gasteiger partial charge in [-0.1, -0.05) is 6.07 Å². The number of anilines is 1. The fourth-order valence-corrected chi connectivity index (χ4v) is 1.50. The number of hydrogen-bond donors (Lipinski definition) is 1. The van der Waals surface area contributed by atoms with Crippen molar-refractivity contribution in [3.05, 3.63) is 41.7 Å². The Morgan fingerprint density at radius 1 is 1.18 bits per heavy atom. The number of nitrogens with zero attached hydrogens (tertiary/aromatic N) is 2. The third-order valence-electron chi connectivity index (χ3n) is 2.43. The second kappa shape index (κ2) is 4.45. The molecule has 0 aliphatic heterocycles. The highest BCUT2D eigenvalue weighted by molar-refractivity contribution is 5.62. The van der Waals surface area contributed by atoms with Gasteiger partial charge in [0, 0.05) is 7.05 Å². The minimum atomic E-state index is -0.643. The summed E-state index contributed by atoms with van der Waals surface area (Å²) >= 11 is 0. The van der Waals surface area contributed by atoms with Gasteiger partial charge in [0.05, 0.1) is 23.7 Å². The first-order valence-corrected chi connectivity index (χ1v) is 5.08. The van der Waals surface area contributed by atoms with Crippen molar-refractivity contribution in [3.8, 4) is 11.3 Å². The predicted molar refractivity (Wildman–Crippen MR) is 61.7 cm³/mol. The fourth-order valence-electron chi connectivity index (χ4n) is 1.50. The van der Waals surface area contributed by atoms with Crippen LogP contribution in [-0.4, -0.2) is 17.0 Å². The fraction of sp³-hybridized carbons (Fsp3) is 0.167. The zero-order valence-electron chi connectivity index (χ0n) is 9.46. The number of rotatable bonds is 2. The van der Waals surface area contributed by atoms with E-state index in [2.05, 4.69) is 15.3 Å².